The zero-order valence-electron chi connectivity index (χ0n) is 12.6. The molecule has 3 heterocycles. The monoisotopic (exact) mass is 332 g/mol. The zero-order valence-corrected chi connectivity index (χ0v) is 12.6. The molecule has 23 heavy (non-hydrogen) atoms. The van der Waals surface area contributed by atoms with Crippen LogP contribution in [0.1, 0.15) is 25.7 Å². The van der Waals surface area contributed by atoms with Gasteiger partial charge in [0.05, 0.1) is 6.61 Å². The van der Waals surface area contributed by atoms with Crippen molar-refractivity contribution in [3.63, 3.8) is 0 Å². The molecule has 3 rings (SSSR count). The highest BCUT2D eigenvalue weighted by molar-refractivity contribution is 5.32. The van der Waals surface area contributed by atoms with Crippen molar-refractivity contribution in [2.24, 2.45) is 0 Å². The van der Waals surface area contributed by atoms with Gasteiger partial charge in [-0.05, 0) is 44.4 Å². The van der Waals surface area contributed by atoms with Gasteiger partial charge in [-0.3, -0.25) is 4.90 Å². The largest absolute Gasteiger partial charge is 0.573 e. The molecule has 0 bridgehead atoms. The normalized spacial score (nSPS) is 27.9. The second kappa shape index (κ2) is 6.16. The molecule has 1 aromatic rings. The first-order valence-corrected chi connectivity index (χ1v) is 7.65. The lowest BCUT2D eigenvalue weighted by Crippen LogP contribution is -2.46. The molecule has 2 aliphatic rings. The summed E-state index contributed by atoms with van der Waals surface area (Å²) in [6, 6.07) is 2.62. The summed E-state index contributed by atoms with van der Waals surface area (Å²) in [6.45, 7) is 1.21. The molecule has 8 heteroatoms. The van der Waals surface area contributed by atoms with Gasteiger partial charge in [-0.15, -0.1) is 13.2 Å². The number of rotatable bonds is 5. The van der Waals surface area contributed by atoms with Crippen LogP contribution >= 0.6 is 0 Å². The minimum absolute atomic E-state index is 0.0744. The van der Waals surface area contributed by atoms with Crippen molar-refractivity contribution in [1.29, 1.82) is 0 Å². The number of aliphatic hydroxyl groups excluding tert-OH is 1. The topological polar surface area (TPSA) is 54.8 Å². The summed E-state index contributed by atoms with van der Waals surface area (Å²) in [4.78, 5) is 6.05. The van der Waals surface area contributed by atoms with E-state index in [1.807, 2.05) is 0 Å². The van der Waals surface area contributed by atoms with Gasteiger partial charge in [0.1, 0.15) is 6.61 Å². The highest BCUT2D eigenvalue weighted by Crippen LogP contribution is 2.42. The van der Waals surface area contributed by atoms with Crippen LogP contribution in [0.4, 0.5) is 13.2 Å². The Bertz CT molecular complexity index is 555. The molecule has 0 aliphatic carbocycles. The van der Waals surface area contributed by atoms with Crippen LogP contribution in [0.2, 0.25) is 0 Å². The third kappa shape index (κ3) is 3.37. The van der Waals surface area contributed by atoms with Crippen molar-refractivity contribution < 1.29 is 27.8 Å². The molecule has 0 spiro atoms. The van der Waals surface area contributed by atoms with E-state index in [0.717, 1.165) is 32.2 Å². The first-order chi connectivity index (χ1) is 10.9. The first kappa shape index (κ1) is 16.3. The van der Waals surface area contributed by atoms with Gasteiger partial charge >= 0.3 is 6.36 Å². The van der Waals surface area contributed by atoms with Crippen LogP contribution in [0.3, 0.4) is 0 Å². The average molecular weight is 332 g/mol. The van der Waals surface area contributed by atoms with Crippen molar-refractivity contribution in [2.75, 3.05) is 19.8 Å². The summed E-state index contributed by atoms with van der Waals surface area (Å²) >= 11 is 0. The van der Waals surface area contributed by atoms with Crippen LogP contribution in [0.15, 0.2) is 18.3 Å². The molecule has 2 fully saturated rings. The Morgan fingerprint density at radius 2 is 2.22 bits per heavy atom. The average Bonchev–Trinajstić information content (AvgIpc) is 3.04. The van der Waals surface area contributed by atoms with Gasteiger partial charge < -0.3 is 14.6 Å². The smallest absolute Gasteiger partial charge is 0.473 e. The molecule has 0 aromatic carbocycles. The third-order valence-corrected chi connectivity index (χ3v) is 4.70. The Hall–Kier alpha value is -1.54. The van der Waals surface area contributed by atoms with Crippen LogP contribution in [0.25, 0.3) is 0 Å². The summed E-state index contributed by atoms with van der Waals surface area (Å²) in [5, 5.41) is 9.66. The van der Waals surface area contributed by atoms with E-state index in [2.05, 4.69) is 14.6 Å². The summed E-state index contributed by atoms with van der Waals surface area (Å²) < 4.78 is 46.6. The standard InChI is InChI=1S/C15H19F3N2O3/c16-15(17,18)23-12-3-1-7-19-13(12)22-9-11-4-6-14(10-21)5-2-8-20(11)14/h1,3,7,11,21H,2,4-6,8-10H2/t11-,14-/m0/s1. The van der Waals surface area contributed by atoms with E-state index in [9.17, 15) is 18.3 Å². The highest BCUT2D eigenvalue weighted by Gasteiger charge is 2.48. The van der Waals surface area contributed by atoms with Crippen molar-refractivity contribution in [3.8, 4) is 11.6 Å². The van der Waals surface area contributed by atoms with E-state index in [1.54, 1.807) is 0 Å². The fourth-order valence-corrected chi connectivity index (χ4v) is 3.67. The molecule has 128 valence electrons. The lowest BCUT2D eigenvalue weighted by molar-refractivity contribution is -0.275. The van der Waals surface area contributed by atoms with Crippen molar-refractivity contribution in [1.82, 2.24) is 9.88 Å². The molecule has 2 atom stereocenters. The van der Waals surface area contributed by atoms with Crippen LogP contribution in [0, 0.1) is 0 Å². The zero-order chi connectivity index (χ0) is 16.5. The summed E-state index contributed by atoms with van der Waals surface area (Å²) in [5.41, 5.74) is -0.177. The van der Waals surface area contributed by atoms with E-state index in [1.165, 1.54) is 18.3 Å². The molecule has 2 aliphatic heterocycles. The van der Waals surface area contributed by atoms with Crippen LogP contribution in [0.5, 0.6) is 11.6 Å². The maximum Gasteiger partial charge on any atom is 0.573 e. The SMILES string of the molecule is OC[C@@]12CCCN1[C@H](COc1ncccc1OC(F)(F)F)CC2. The van der Waals surface area contributed by atoms with Gasteiger partial charge in [0.2, 0.25) is 0 Å². The second-order valence-corrected chi connectivity index (χ2v) is 6.04. The van der Waals surface area contributed by atoms with Gasteiger partial charge in [0.15, 0.2) is 5.75 Å². The van der Waals surface area contributed by atoms with Crippen LogP contribution in [-0.4, -0.2) is 52.7 Å². The Morgan fingerprint density at radius 1 is 1.39 bits per heavy atom. The molecular weight excluding hydrogens is 313 g/mol. The number of ether oxygens (including phenoxy) is 2. The highest BCUT2D eigenvalue weighted by atomic mass is 19.4. The molecule has 0 radical (unpaired) electrons. The molecule has 5 nitrogen and oxygen atoms in total. The number of hydrogen-bond acceptors (Lipinski definition) is 5. The Morgan fingerprint density at radius 3 is 2.96 bits per heavy atom. The summed E-state index contributed by atoms with van der Waals surface area (Å²) in [7, 11) is 0. The number of aliphatic hydroxyl groups is 1. The van der Waals surface area contributed by atoms with Gasteiger partial charge in [-0.2, -0.15) is 0 Å². The van der Waals surface area contributed by atoms with E-state index in [0.29, 0.717) is 0 Å². The molecule has 0 unspecified atom stereocenters. The fraction of sp³-hybridized carbons (Fsp3) is 0.667. The van der Waals surface area contributed by atoms with Gasteiger partial charge in [-0.1, -0.05) is 0 Å². The molecule has 1 aromatic heterocycles. The Labute approximate surface area is 132 Å². The Balaban J connectivity index is 1.65. The van der Waals surface area contributed by atoms with Gasteiger partial charge in [0, 0.05) is 17.8 Å². The predicted molar refractivity (Wildman–Crippen MR) is 75.2 cm³/mol. The molecular formula is C15H19F3N2O3. The van der Waals surface area contributed by atoms with Gasteiger partial charge in [-0.25, -0.2) is 4.98 Å². The second-order valence-electron chi connectivity index (χ2n) is 6.04. The van der Waals surface area contributed by atoms with Crippen molar-refractivity contribution in [3.05, 3.63) is 18.3 Å². The minimum Gasteiger partial charge on any atom is -0.473 e. The van der Waals surface area contributed by atoms with Crippen molar-refractivity contribution in [2.45, 2.75) is 43.6 Å². The van der Waals surface area contributed by atoms with E-state index in [4.69, 9.17) is 4.74 Å². The third-order valence-electron chi connectivity index (χ3n) is 4.70. The van der Waals surface area contributed by atoms with Crippen molar-refractivity contribution >= 4 is 0 Å². The molecule has 1 N–H and O–H groups in total. The molecule has 0 saturated carbocycles. The quantitative estimate of drug-likeness (QED) is 0.897. The lowest BCUT2D eigenvalue weighted by atomic mass is 9.95. The summed E-state index contributed by atoms with van der Waals surface area (Å²) in [6.07, 6.45) is 0.278. The maximum atomic E-state index is 12.4. The van der Waals surface area contributed by atoms with E-state index >= 15 is 0 Å². The predicted octanol–water partition coefficient (Wildman–Crippen LogP) is 2.35. The number of alkyl halides is 3. The first-order valence-electron chi connectivity index (χ1n) is 7.65. The number of pyridine rings is 1. The number of aromatic nitrogens is 1. The van der Waals surface area contributed by atoms with E-state index < -0.39 is 12.1 Å². The molecule has 0 amide bonds. The lowest BCUT2D eigenvalue weighted by Gasteiger charge is -2.33. The Kier molecular flexibility index (Phi) is 4.37. The number of fused-ring (bicyclic) bond motifs is 1. The molecule has 2 saturated heterocycles. The number of nitrogens with zero attached hydrogens (tertiary/aromatic N) is 2. The minimum atomic E-state index is -4.78. The number of hydrogen-bond donors (Lipinski definition) is 1. The maximum absolute atomic E-state index is 12.4. The summed E-state index contributed by atoms with van der Waals surface area (Å²) in [5.74, 6) is -0.599. The fourth-order valence-electron chi connectivity index (χ4n) is 3.67. The van der Waals surface area contributed by atoms with Gasteiger partial charge in [0.25, 0.3) is 5.88 Å². The van der Waals surface area contributed by atoms with E-state index in [-0.39, 0.29) is 30.7 Å². The van der Waals surface area contributed by atoms with Crippen LogP contribution < -0.4 is 9.47 Å². The number of halogens is 3. The van der Waals surface area contributed by atoms with Crippen LogP contribution in [-0.2, 0) is 0 Å².